The fourth-order valence-corrected chi connectivity index (χ4v) is 3.21. The highest BCUT2D eigenvalue weighted by molar-refractivity contribution is 6.22. The van der Waals surface area contributed by atoms with Gasteiger partial charge >= 0.3 is 11.9 Å². The average Bonchev–Trinajstić information content (AvgIpc) is 2.38. The fraction of sp³-hybridized carbons (Fsp3) is 0.700. The van der Waals surface area contributed by atoms with E-state index in [4.69, 9.17) is 4.74 Å². The number of ether oxygens (including phenoxy) is 1. The molecule has 1 aliphatic rings. The Labute approximate surface area is 155 Å². The highest BCUT2D eigenvalue weighted by atomic mass is 16.6. The predicted molar refractivity (Wildman–Crippen MR) is 96.6 cm³/mol. The Morgan fingerprint density at radius 3 is 2.08 bits per heavy atom. The van der Waals surface area contributed by atoms with Gasteiger partial charge in [-0.2, -0.15) is 0 Å². The molecule has 1 fully saturated rings. The van der Waals surface area contributed by atoms with Gasteiger partial charge in [0.25, 0.3) is 0 Å². The van der Waals surface area contributed by atoms with Crippen molar-refractivity contribution in [3.8, 4) is 0 Å². The highest BCUT2D eigenvalue weighted by Crippen LogP contribution is 2.35. The van der Waals surface area contributed by atoms with E-state index in [1.165, 1.54) is 0 Å². The lowest BCUT2D eigenvalue weighted by Crippen LogP contribution is -2.32. The van der Waals surface area contributed by atoms with Gasteiger partial charge in [-0.15, -0.1) is 0 Å². The Morgan fingerprint density at radius 2 is 1.65 bits per heavy atom. The van der Waals surface area contributed by atoms with Gasteiger partial charge in [-0.05, 0) is 46.0 Å². The van der Waals surface area contributed by atoms with Crippen molar-refractivity contribution in [1.29, 1.82) is 0 Å². The number of hydrogen-bond acceptors (Lipinski definition) is 5. The molecule has 0 aromatic heterocycles. The smallest absolute Gasteiger partial charge is 0.306 e. The molecule has 0 heterocycles. The molecule has 6 nitrogen and oxygen atoms in total. The molecule has 0 saturated heterocycles. The van der Waals surface area contributed by atoms with E-state index in [1.54, 1.807) is 27.7 Å². The summed E-state index contributed by atoms with van der Waals surface area (Å²) in [4.78, 5) is 48.0. The van der Waals surface area contributed by atoms with Crippen molar-refractivity contribution >= 4 is 23.5 Å². The van der Waals surface area contributed by atoms with E-state index >= 15 is 0 Å². The zero-order valence-electron chi connectivity index (χ0n) is 16.6. The number of Topliss-reactive ketones (excluding diaryl/α,β-unsaturated/α-hetero) is 2. The van der Waals surface area contributed by atoms with Crippen molar-refractivity contribution in [3.63, 3.8) is 0 Å². The zero-order valence-corrected chi connectivity index (χ0v) is 16.6. The fourth-order valence-electron chi connectivity index (χ4n) is 3.21. The molecule has 1 saturated carbocycles. The zero-order chi connectivity index (χ0) is 20.3. The van der Waals surface area contributed by atoms with Crippen LogP contribution in [0.5, 0.6) is 0 Å². The van der Waals surface area contributed by atoms with Crippen LogP contribution in [0.3, 0.4) is 0 Å². The number of allylic oxidation sites excluding steroid dienone is 2. The largest absolute Gasteiger partial charge is 0.481 e. The molecule has 0 bridgehead atoms. The molecule has 146 valence electrons. The number of esters is 1. The van der Waals surface area contributed by atoms with Crippen LogP contribution in [0.25, 0.3) is 0 Å². The standard InChI is InChI=1S/C20H30O6/c1-12(17-14(21)10-20(5,6)11-15(17)22)9-13(18(24)25)7-8-16(23)26-19(2,3)4/h13H,7-11H2,1-6H3,(H,24,25)/t13-/m1/s1. The first-order valence-corrected chi connectivity index (χ1v) is 8.92. The van der Waals surface area contributed by atoms with E-state index in [-0.39, 0.29) is 54.7 Å². The Bertz CT molecular complexity index is 611. The monoisotopic (exact) mass is 366 g/mol. The highest BCUT2D eigenvalue weighted by Gasteiger charge is 2.37. The van der Waals surface area contributed by atoms with Crippen LogP contribution in [-0.2, 0) is 23.9 Å². The van der Waals surface area contributed by atoms with Crippen molar-refractivity contribution in [2.45, 2.75) is 79.2 Å². The van der Waals surface area contributed by atoms with Crippen LogP contribution < -0.4 is 0 Å². The van der Waals surface area contributed by atoms with E-state index in [0.717, 1.165) is 0 Å². The van der Waals surface area contributed by atoms with Crippen LogP contribution in [0.1, 0.15) is 73.6 Å². The SMILES string of the molecule is CC(C[C@@H](CCC(=O)OC(C)(C)C)C(=O)O)=C1C(=O)CC(C)(C)CC1=O. The first-order chi connectivity index (χ1) is 11.7. The number of carboxylic acid groups (broad SMARTS) is 1. The summed E-state index contributed by atoms with van der Waals surface area (Å²) in [6.45, 7) is 10.6. The summed E-state index contributed by atoms with van der Waals surface area (Å²) in [7, 11) is 0. The minimum atomic E-state index is -1.05. The van der Waals surface area contributed by atoms with Crippen LogP contribution in [0, 0.1) is 11.3 Å². The van der Waals surface area contributed by atoms with Crippen LogP contribution in [0.2, 0.25) is 0 Å². The molecule has 1 aliphatic carbocycles. The number of carboxylic acids is 1. The van der Waals surface area contributed by atoms with Gasteiger partial charge < -0.3 is 9.84 Å². The molecule has 26 heavy (non-hydrogen) atoms. The number of rotatable bonds is 6. The van der Waals surface area contributed by atoms with Gasteiger partial charge in [-0.25, -0.2) is 0 Å². The molecule has 0 spiro atoms. The number of ketones is 2. The van der Waals surface area contributed by atoms with Crippen molar-refractivity contribution in [3.05, 3.63) is 11.1 Å². The Balaban J connectivity index is 2.84. The molecule has 0 aromatic rings. The third-order valence-corrected chi connectivity index (χ3v) is 4.28. The molecule has 0 aromatic carbocycles. The molecule has 1 rings (SSSR count). The summed E-state index contributed by atoms with van der Waals surface area (Å²) in [5, 5.41) is 9.44. The van der Waals surface area contributed by atoms with Crippen LogP contribution in [-0.4, -0.2) is 34.2 Å². The van der Waals surface area contributed by atoms with E-state index in [2.05, 4.69) is 0 Å². The van der Waals surface area contributed by atoms with E-state index in [9.17, 15) is 24.3 Å². The molecular formula is C20H30O6. The van der Waals surface area contributed by atoms with Gasteiger partial charge in [-0.3, -0.25) is 19.2 Å². The van der Waals surface area contributed by atoms with Gasteiger partial charge in [0.15, 0.2) is 11.6 Å². The second-order valence-electron chi connectivity index (χ2n) is 8.88. The molecule has 0 amide bonds. The first-order valence-electron chi connectivity index (χ1n) is 8.92. The van der Waals surface area contributed by atoms with E-state index < -0.39 is 23.5 Å². The number of hydrogen-bond donors (Lipinski definition) is 1. The Hall–Kier alpha value is -1.98. The lowest BCUT2D eigenvalue weighted by Gasteiger charge is -2.29. The second kappa shape index (κ2) is 8.14. The lowest BCUT2D eigenvalue weighted by molar-refractivity contribution is -0.155. The third kappa shape index (κ3) is 6.73. The Kier molecular flexibility index (Phi) is 6.91. The molecule has 1 N–H and O–H groups in total. The van der Waals surface area contributed by atoms with Crippen LogP contribution in [0.4, 0.5) is 0 Å². The first kappa shape index (κ1) is 22.1. The summed E-state index contributed by atoms with van der Waals surface area (Å²) < 4.78 is 5.19. The van der Waals surface area contributed by atoms with Crippen molar-refractivity contribution in [1.82, 2.24) is 0 Å². The average molecular weight is 366 g/mol. The maximum Gasteiger partial charge on any atom is 0.306 e. The number of carbonyl (C=O) groups is 4. The molecular weight excluding hydrogens is 336 g/mol. The summed E-state index contributed by atoms with van der Waals surface area (Å²) in [6, 6.07) is 0. The summed E-state index contributed by atoms with van der Waals surface area (Å²) in [5.74, 6) is -2.80. The summed E-state index contributed by atoms with van der Waals surface area (Å²) >= 11 is 0. The normalized spacial score (nSPS) is 18.5. The second-order valence-corrected chi connectivity index (χ2v) is 8.88. The molecule has 6 heteroatoms. The van der Waals surface area contributed by atoms with Gasteiger partial charge in [0.1, 0.15) is 5.60 Å². The van der Waals surface area contributed by atoms with Gasteiger partial charge in [0, 0.05) is 19.3 Å². The van der Waals surface area contributed by atoms with Crippen molar-refractivity contribution in [2.75, 3.05) is 0 Å². The molecule has 0 radical (unpaired) electrons. The Morgan fingerprint density at radius 1 is 1.15 bits per heavy atom. The minimum absolute atomic E-state index is 0.0220. The third-order valence-electron chi connectivity index (χ3n) is 4.28. The van der Waals surface area contributed by atoms with E-state index in [0.29, 0.717) is 5.57 Å². The number of carbonyl (C=O) groups excluding carboxylic acids is 3. The predicted octanol–water partition coefficient (Wildman–Crippen LogP) is 3.47. The number of aliphatic carboxylic acids is 1. The molecule has 0 unspecified atom stereocenters. The van der Waals surface area contributed by atoms with Gasteiger partial charge in [0.2, 0.25) is 0 Å². The van der Waals surface area contributed by atoms with Gasteiger partial charge in [0.05, 0.1) is 11.5 Å². The van der Waals surface area contributed by atoms with Gasteiger partial charge in [-0.1, -0.05) is 19.4 Å². The maximum atomic E-state index is 12.3. The van der Waals surface area contributed by atoms with Crippen LogP contribution >= 0.6 is 0 Å². The molecule has 1 atom stereocenters. The van der Waals surface area contributed by atoms with Crippen molar-refractivity contribution in [2.24, 2.45) is 11.3 Å². The molecule has 0 aliphatic heterocycles. The summed E-state index contributed by atoms with van der Waals surface area (Å²) in [5.41, 5.74) is -0.345. The summed E-state index contributed by atoms with van der Waals surface area (Å²) in [6.07, 6.45) is 0.710. The quantitative estimate of drug-likeness (QED) is 0.439. The maximum absolute atomic E-state index is 12.3. The minimum Gasteiger partial charge on any atom is -0.481 e. The lowest BCUT2D eigenvalue weighted by atomic mass is 9.72. The van der Waals surface area contributed by atoms with Crippen molar-refractivity contribution < 1.29 is 29.0 Å². The van der Waals surface area contributed by atoms with Crippen LogP contribution in [0.15, 0.2) is 11.1 Å². The topological polar surface area (TPSA) is 97.7 Å². The van der Waals surface area contributed by atoms with E-state index in [1.807, 2.05) is 13.8 Å².